The second kappa shape index (κ2) is 5.92. The van der Waals surface area contributed by atoms with Gasteiger partial charge >= 0.3 is 0 Å². The maximum absolute atomic E-state index is 12.4. The topological polar surface area (TPSA) is 92.9 Å². The third-order valence-corrected chi connectivity index (χ3v) is 3.05. The number of aromatic hydroxyl groups is 1. The Morgan fingerprint density at radius 2 is 2.29 bits per heavy atom. The lowest BCUT2D eigenvalue weighted by Gasteiger charge is -2.13. The molecule has 2 N–H and O–H groups in total. The van der Waals surface area contributed by atoms with Crippen molar-refractivity contribution in [3.8, 4) is 5.88 Å². The van der Waals surface area contributed by atoms with Gasteiger partial charge in [-0.15, -0.1) is 0 Å². The van der Waals surface area contributed by atoms with E-state index in [2.05, 4.69) is 10.3 Å². The molecular weight excluding hydrogens is 274 g/mol. The number of hydrogen-bond donors (Lipinski definition) is 2. The van der Waals surface area contributed by atoms with E-state index in [1.165, 1.54) is 17.7 Å². The number of nitrogens with one attached hydrogen (secondary N) is 1. The first-order valence-electron chi connectivity index (χ1n) is 6.46. The molecule has 112 valence electrons. The van der Waals surface area contributed by atoms with Gasteiger partial charge in [0.05, 0.1) is 6.61 Å². The summed E-state index contributed by atoms with van der Waals surface area (Å²) in [5.41, 5.74) is 0.0652. The van der Waals surface area contributed by atoms with Crippen molar-refractivity contribution >= 4 is 11.6 Å². The number of aryl methyl sites for hydroxylation is 1. The monoisotopic (exact) mass is 291 g/mol. The van der Waals surface area contributed by atoms with Crippen molar-refractivity contribution in [3.05, 3.63) is 39.8 Å². The largest absolute Gasteiger partial charge is 0.493 e. The molecule has 0 fully saturated rings. The Morgan fingerprint density at radius 1 is 1.57 bits per heavy atom. The number of methoxy groups -OCH3 is 1. The zero-order valence-electron chi connectivity index (χ0n) is 12.1. The van der Waals surface area contributed by atoms with Crippen LogP contribution in [0.25, 0.3) is 5.65 Å². The van der Waals surface area contributed by atoms with Crippen LogP contribution in [0.2, 0.25) is 0 Å². The number of fused-ring (bicyclic) bond motifs is 1. The summed E-state index contributed by atoms with van der Waals surface area (Å²) in [6, 6.07) is 3.15. The summed E-state index contributed by atoms with van der Waals surface area (Å²) in [4.78, 5) is 28.4. The lowest BCUT2D eigenvalue weighted by molar-refractivity contribution is 0.0900. The minimum atomic E-state index is -0.676. The molecule has 2 rings (SSSR count). The van der Waals surface area contributed by atoms with Crippen LogP contribution in [0.5, 0.6) is 5.88 Å². The second-order valence-corrected chi connectivity index (χ2v) is 4.83. The fourth-order valence-electron chi connectivity index (χ4n) is 2.07. The molecule has 21 heavy (non-hydrogen) atoms. The normalized spacial score (nSPS) is 12.3. The van der Waals surface area contributed by atoms with Gasteiger partial charge in [-0.25, -0.2) is 0 Å². The van der Waals surface area contributed by atoms with Gasteiger partial charge in [-0.1, -0.05) is 6.07 Å². The first-order valence-corrected chi connectivity index (χ1v) is 6.46. The summed E-state index contributed by atoms with van der Waals surface area (Å²) in [7, 11) is 1.51. The van der Waals surface area contributed by atoms with Crippen molar-refractivity contribution in [2.75, 3.05) is 13.7 Å². The summed E-state index contributed by atoms with van der Waals surface area (Å²) in [5, 5.41) is 12.5. The first-order chi connectivity index (χ1) is 9.95. The van der Waals surface area contributed by atoms with Gasteiger partial charge in [-0.2, -0.15) is 4.98 Å². The van der Waals surface area contributed by atoms with E-state index in [1.807, 2.05) is 0 Å². The van der Waals surface area contributed by atoms with Crippen molar-refractivity contribution in [1.29, 1.82) is 0 Å². The molecule has 0 saturated heterocycles. The first kappa shape index (κ1) is 15.0. The van der Waals surface area contributed by atoms with E-state index in [1.54, 1.807) is 26.0 Å². The van der Waals surface area contributed by atoms with Gasteiger partial charge in [-0.3, -0.25) is 14.0 Å². The van der Waals surface area contributed by atoms with Crippen LogP contribution in [-0.4, -0.2) is 40.2 Å². The van der Waals surface area contributed by atoms with Gasteiger partial charge in [0.15, 0.2) is 5.56 Å². The number of ether oxygens (including phenoxy) is 1. The quantitative estimate of drug-likeness (QED) is 0.854. The van der Waals surface area contributed by atoms with Gasteiger partial charge in [0, 0.05) is 19.3 Å². The maximum Gasteiger partial charge on any atom is 0.274 e. The molecule has 2 heterocycles. The van der Waals surface area contributed by atoms with Crippen LogP contribution in [0.1, 0.15) is 22.8 Å². The standard InChI is InChI=1S/C14H17N3O4/c1-8-5-4-6-17-11(8)16-13(19)10(14(17)20)12(18)15-9(2)7-21-3/h4-6,9,19H,7H2,1-3H3,(H,15,18)/t9-/m0/s1. The molecule has 2 aromatic heterocycles. The molecule has 0 aromatic carbocycles. The Bertz CT molecular complexity index is 739. The minimum Gasteiger partial charge on any atom is -0.493 e. The van der Waals surface area contributed by atoms with Gasteiger partial charge in [-0.05, 0) is 25.5 Å². The fraction of sp³-hybridized carbons (Fsp3) is 0.357. The Kier molecular flexibility index (Phi) is 4.23. The number of carbonyl (C=O) groups is 1. The van der Waals surface area contributed by atoms with E-state index >= 15 is 0 Å². The molecule has 1 atom stereocenters. The number of amides is 1. The second-order valence-electron chi connectivity index (χ2n) is 4.83. The molecule has 0 aliphatic heterocycles. The lowest BCUT2D eigenvalue weighted by Crippen LogP contribution is -2.39. The smallest absolute Gasteiger partial charge is 0.274 e. The molecule has 7 nitrogen and oxygen atoms in total. The fourth-order valence-corrected chi connectivity index (χ4v) is 2.07. The molecular formula is C14H17N3O4. The van der Waals surface area contributed by atoms with Crippen LogP contribution in [-0.2, 0) is 4.74 Å². The number of hydrogen-bond acceptors (Lipinski definition) is 5. The van der Waals surface area contributed by atoms with Crippen molar-refractivity contribution < 1.29 is 14.6 Å². The number of pyridine rings is 1. The van der Waals surface area contributed by atoms with Crippen molar-refractivity contribution in [1.82, 2.24) is 14.7 Å². The SMILES string of the molecule is COC[C@H](C)NC(=O)c1c(O)nc2c(C)cccn2c1=O. The van der Waals surface area contributed by atoms with Crippen molar-refractivity contribution in [2.24, 2.45) is 0 Å². The zero-order valence-corrected chi connectivity index (χ0v) is 12.1. The number of aromatic nitrogens is 2. The van der Waals surface area contributed by atoms with Gasteiger partial charge in [0.1, 0.15) is 5.65 Å². The summed E-state index contributed by atoms with van der Waals surface area (Å²) < 4.78 is 6.15. The number of carbonyl (C=O) groups excluding carboxylic acids is 1. The molecule has 0 unspecified atom stereocenters. The highest BCUT2D eigenvalue weighted by Gasteiger charge is 2.21. The molecule has 0 radical (unpaired) electrons. The van der Waals surface area contributed by atoms with Crippen LogP contribution in [0, 0.1) is 6.92 Å². The van der Waals surface area contributed by atoms with Crippen LogP contribution in [0.3, 0.4) is 0 Å². The Balaban J connectivity index is 2.50. The molecule has 1 amide bonds. The van der Waals surface area contributed by atoms with E-state index in [9.17, 15) is 14.7 Å². The molecule has 0 bridgehead atoms. The molecule has 0 spiro atoms. The molecule has 0 aliphatic carbocycles. The van der Waals surface area contributed by atoms with E-state index in [4.69, 9.17) is 4.74 Å². The molecule has 2 aromatic rings. The molecule has 0 saturated carbocycles. The summed E-state index contributed by atoms with van der Waals surface area (Å²) in [5.74, 6) is -1.25. The maximum atomic E-state index is 12.4. The summed E-state index contributed by atoms with van der Waals surface area (Å²) >= 11 is 0. The average molecular weight is 291 g/mol. The van der Waals surface area contributed by atoms with E-state index < -0.39 is 17.3 Å². The highest BCUT2D eigenvalue weighted by atomic mass is 16.5. The highest BCUT2D eigenvalue weighted by Crippen LogP contribution is 2.13. The van der Waals surface area contributed by atoms with E-state index in [-0.39, 0.29) is 11.6 Å². The van der Waals surface area contributed by atoms with Gasteiger partial charge in [0.25, 0.3) is 11.5 Å². The van der Waals surface area contributed by atoms with Gasteiger partial charge < -0.3 is 15.2 Å². The predicted octanol–water partition coefficient (Wildman–Crippen LogP) is 0.473. The summed E-state index contributed by atoms with van der Waals surface area (Å²) in [6.07, 6.45) is 1.51. The lowest BCUT2D eigenvalue weighted by atomic mass is 10.2. The Labute approximate surface area is 121 Å². The van der Waals surface area contributed by atoms with Crippen LogP contribution in [0.4, 0.5) is 0 Å². The van der Waals surface area contributed by atoms with E-state index in [0.717, 1.165) is 5.56 Å². The van der Waals surface area contributed by atoms with Crippen LogP contribution in [0.15, 0.2) is 23.1 Å². The average Bonchev–Trinajstić information content (AvgIpc) is 2.40. The van der Waals surface area contributed by atoms with Crippen molar-refractivity contribution in [2.45, 2.75) is 19.9 Å². The summed E-state index contributed by atoms with van der Waals surface area (Å²) in [6.45, 7) is 3.80. The predicted molar refractivity (Wildman–Crippen MR) is 76.7 cm³/mol. The van der Waals surface area contributed by atoms with Crippen molar-refractivity contribution in [3.63, 3.8) is 0 Å². The van der Waals surface area contributed by atoms with Crippen LogP contribution >= 0.6 is 0 Å². The Hall–Kier alpha value is -2.41. The van der Waals surface area contributed by atoms with Gasteiger partial charge in [0.2, 0.25) is 5.88 Å². The zero-order chi connectivity index (χ0) is 15.6. The minimum absolute atomic E-state index is 0.292. The molecule has 0 aliphatic rings. The Morgan fingerprint density at radius 3 is 2.95 bits per heavy atom. The number of rotatable bonds is 4. The number of nitrogens with zero attached hydrogens (tertiary/aromatic N) is 2. The van der Waals surface area contributed by atoms with Crippen LogP contribution < -0.4 is 10.9 Å². The molecule has 7 heteroatoms. The third-order valence-electron chi connectivity index (χ3n) is 3.05. The highest BCUT2D eigenvalue weighted by molar-refractivity contribution is 5.96. The third kappa shape index (κ3) is 2.87. The van der Waals surface area contributed by atoms with E-state index in [0.29, 0.717) is 12.3 Å².